The van der Waals surface area contributed by atoms with Gasteiger partial charge in [0.2, 0.25) is 0 Å². The molecular formula is C21H13NS. The van der Waals surface area contributed by atoms with Gasteiger partial charge in [0.25, 0.3) is 0 Å². The smallest absolute Gasteiger partial charge is 0.0880 e. The number of hydrogen-bond acceptors (Lipinski definition) is 2. The summed E-state index contributed by atoms with van der Waals surface area (Å²) in [5.74, 6) is 0. The van der Waals surface area contributed by atoms with Crippen molar-refractivity contribution in [2.24, 2.45) is 0 Å². The molecule has 0 aliphatic heterocycles. The number of hydrogen-bond donors (Lipinski definition) is 0. The molecule has 0 amide bonds. The van der Waals surface area contributed by atoms with Gasteiger partial charge < -0.3 is 0 Å². The van der Waals surface area contributed by atoms with E-state index >= 15 is 0 Å². The van der Waals surface area contributed by atoms with Crippen LogP contribution in [0.3, 0.4) is 0 Å². The van der Waals surface area contributed by atoms with Gasteiger partial charge in [-0.3, -0.25) is 4.98 Å². The van der Waals surface area contributed by atoms with Gasteiger partial charge in [-0.2, -0.15) is 0 Å². The highest BCUT2D eigenvalue weighted by atomic mass is 32.1. The molecule has 5 rings (SSSR count). The molecule has 0 saturated carbocycles. The van der Waals surface area contributed by atoms with Crippen LogP contribution in [-0.4, -0.2) is 4.98 Å². The average molecular weight is 311 g/mol. The van der Waals surface area contributed by atoms with Gasteiger partial charge in [0.05, 0.1) is 10.4 Å². The molecule has 0 unspecified atom stereocenters. The number of fused-ring (bicyclic) bond motifs is 4. The second kappa shape index (κ2) is 4.90. The summed E-state index contributed by atoms with van der Waals surface area (Å²) in [5.41, 5.74) is 2.26. The minimum atomic E-state index is 1.08. The van der Waals surface area contributed by atoms with Crippen molar-refractivity contribution in [3.05, 3.63) is 79.0 Å². The fraction of sp³-hybridized carbons (Fsp3) is 0. The van der Waals surface area contributed by atoms with Crippen molar-refractivity contribution < 1.29 is 0 Å². The van der Waals surface area contributed by atoms with Crippen LogP contribution in [0.25, 0.3) is 42.2 Å². The van der Waals surface area contributed by atoms with Crippen LogP contribution in [0, 0.1) is 0 Å². The third-order valence-corrected chi connectivity index (χ3v) is 5.51. The van der Waals surface area contributed by atoms with Crippen molar-refractivity contribution in [2.45, 2.75) is 0 Å². The minimum absolute atomic E-state index is 1.08. The lowest BCUT2D eigenvalue weighted by Crippen LogP contribution is -1.83. The fourth-order valence-corrected chi connectivity index (χ4v) is 4.40. The molecule has 23 heavy (non-hydrogen) atoms. The zero-order chi connectivity index (χ0) is 15.2. The monoisotopic (exact) mass is 311 g/mol. The molecule has 0 aliphatic carbocycles. The summed E-state index contributed by atoms with van der Waals surface area (Å²) in [6.07, 6.45) is 1.92. The number of aromatic nitrogens is 1. The van der Waals surface area contributed by atoms with Crippen molar-refractivity contribution in [3.8, 4) is 11.3 Å². The Balaban J connectivity index is 1.84. The lowest BCUT2D eigenvalue weighted by atomic mass is 10.0. The first kappa shape index (κ1) is 12.8. The quantitative estimate of drug-likeness (QED) is 0.355. The Morgan fingerprint density at radius 1 is 0.696 bits per heavy atom. The minimum Gasteiger partial charge on any atom is -0.255 e. The van der Waals surface area contributed by atoms with E-state index in [1.54, 1.807) is 0 Å². The molecule has 0 radical (unpaired) electrons. The van der Waals surface area contributed by atoms with Crippen LogP contribution < -0.4 is 0 Å². The van der Waals surface area contributed by atoms with E-state index in [9.17, 15) is 0 Å². The maximum Gasteiger partial charge on any atom is 0.0880 e. The molecule has 5 aromatic rings. The normalized spacial score (nSPS) is 11.5. The van der Waals surface area contributed by atoms with E-state index in [2.05, 4.69) is 77.8 Å². The number of pyridine rings is 1. The molecule has 1 nitrogen and oxygen atoms in total. The van der Waals surface area contributed by atoms with E-state index in [-0.39, 0.29) is 0 Å². The molecule has 3 aromatic carbocycles. The lowest BCUT2D eigenvalue weighted by Gasteiger charge is -2.04. The van der Waals surface area contributed by atoms with Crippen LogP contribution in [0.15, 0.2) is 79.0 Å². The van der Waals surface area contributed by atoms with Gasteiger partial charge in [-0.15, -0.1) is 11.3 Å². The Bertz CT molecular complexity index is 1170. The predicted molar refractivity (Wildman–Crippen MR) is 100 cm³/mol. The molecule has 0 fully saturated rings. The first-order valence-corrected chi connectivity index (χ1v) is 8.47. The second-order valence-corrected chi connectivity index (χ2v) is 6.75. The Morgan fingerprint density at radius 2 is 1.52 bits per heavy atom. The molecule has 0 atom stereocenters. The fourth-order valence-electron chi connectivity index (χ4n) is 3.19. The Hall–Kier alpha value is -2.71. The maximum absolute atomic E-state index is 4.69. The van der Waals surface area contributed by atoms with E-state index < -0.39 is 0 Å². The van der Waals surface area contributed by atoms with Crippen molar-refractivity contribution >= 4 is 42.3 Å². The molecule has 0 aliphatic rings. The van der Waals surface area contributed by atoms with E-state index in [0.717, 1.165) is 5.69 Å². The molecule has 0 spiro atoms. The molecular weight excluding hydrogens is 298 g/mol. The van der Waals surface area contributed by atoms with Crippen LogP contribution in [0.5, 0.6) is 0 Å². The van der Waals surface area contributed by atoms with Gasteiger partial charge in [0, 0.05) is 27.2 Å². The van der Waals surface area contributed by atoms with Crippen LogP contribution in [0.1, 0.15) is 0 Å². The summed E-state index contributed by atoms with van der Waals surface area (Å²) in [6, 6.07) is 25.8. The lowest BCUT2D eigenvalue weighted by molar-refractivity contribution is 1.37. The summed E-state index contributed by atoms with van der Waals surface area (Å²) in [4.78, 5) is 4.69. The molecule has 2 heteroatoms. The maximum atomic E-state index is 4.69. The van der Waals surface area contributed by atoms with Gasteiger partial charge in [-0.1, -0.05) is 54.6 Å². The highest BCUT2D eigenvalue weighted by molar-refractivity contribution is 7.26. The summed E-state index contributed by atoms with van der Waals surface area (Å²) < 4.78 is 2.58. The number of rotatable bonds is 1. The molecule has 0 N–H and O–H groups in total. The summed E-state index contributed by atoms with van der Waals surface area (Å²) in [7, 11) is 0. The van der Waals surface area contributed by atoms with Crippen LogP contribution in [0.4, 0.5) is 0 Å². The van der Waals surface area contributed by atoms with E-state index in [4.69, 9.17) is 0 Å². The average Bonchev–Trinajstić information content (AvgIpc) is 3.00. The van der Waals surface area contributed by atoms with Crippen molar-refractivity contribution in [1.29, 1.82) is 0 Å². The SMILES string of the molecule is c1ccc2cc(-c3nccc4c3sc3ccccc34)ccc2c1. The van der Waals surface area contributed by atoms with E-state index in [0.29, 0.717) is 0 Å². The largest absolute Gasteiger partial charge is 0.255 e. The third kappa shape index (κ3) is 1.96. The topological polar surface area (TPSA) is 12.9 Å². The first-order valence-electron chi connectivity index (χ1n) is 7.65. The predicted octanol–water partition coefficient (Wildman–Crippen LogP) is 6.27. The van der Waals surface area contributed by atoms with Crippen molar-refractivity contribution in [2.75, 3.05) is 0 Å². The molecule has 0 saturated heterocycles. The van der Waals surface area contributed by atoms with Gasteiger partial charge in [0.1, 0.15) is 0 Å². The number of thiophene rings is 1. The zero-order valence-electron chi connectivity index (χ0n) is 12.4. The van der Waals surface area contributed by atoms with E-state index in [1.165, 1.54) is 36.5 Å². The number of benzene rings is 3. The van der Waals surface area contributed by atoms with Crippen molar-refractivity contribution in [3.63, 3.8) is 0 Å². The summed E-state index contributed by atoms with van der Waals surface area (Å²) >= 11 is 1.83. The molecule has 2 aromatic heterocycles. The van der Waals surface area contributed by atoms with Gasteiger partial charge in [0.15, 0.2) is 0 Å². The second-order valence-electron chi connectivity index (χ2n) is 5.70. The Kier molecular flexibility index (Phi) is 2.73. The summed E-state index contributed by atoms with van der Waals surface area (Å²) in [6.45, 7) is 0. The zero-order valence-corrected chi connectivity index (χ0v) is 13.2. The van der Waals surface area contributed by atoms with Gasteiger partial charge in [-0.25, -0.2) is 0 Å². The van der Waals surface area contributed by atoms with Crippen LogP contribution in [0.2, 0.25) is 0 Å². The first-order chi connectivity index (χ1) is 11.4. The standard InChI is InChI=1S/C21H13NS/c1-2-6-15-13-16(10-9-14(15)5-1)20-21-18(11-12-22-20)17-7-3-4-8-19(17)23-21/h1-13H. The van der Waals surface area contributed by atoms with Crippen LogP contribution >= 0.6 is 11.3 Å². The van der Waals surface area contributed by atoms with Crippen molar-refractivity contribution in [1.82, 2.24) is 4.98 Å². The van der Waals surface area contributed by atoms with Crippen LogP contribution in [-0.2, 0) is 0 Å². The van der Waals surface area contributed by atoms with Gasteiger partial charge >= 0.3 is 0 Å². The Labute approximate surface area is 137 Å². The summed E-state index contributed by atoms with van der Waals surface area (Å²) in [5, 5.41) is 5.13. The van der Waals surface area contributed by atoms with E-state index in [1.807, 2.05) is 17.5 Å². The van der Waals surface area contributed by atoms with Gasteiger partial charge in [-0.05, 0) is 29.0 Å². The highest BCUT2D eigenvalue weighted by Crippen LogP contribution is 2.38. The third-order valence-electron chi connectivity index (χ3n) is 4.32. The highest BCUT2D eigenvalue weighted by Gasteiger charge is 2.11. The molecule has 2 heterocycles. The Morgan fingerprint density at radius 3 is 2.48 bits per heavy atom. The molecule has 108 valence electrons. The number of nitrogens with zero attached hydrogens (tertiary/aromatic N) is 1. The molecule has 0 bridgehead atoms.